The van der Waals surface area contributed by atoms with E-state index in [9.17, 15) is 14.4 Å². The third kappa shape index (κ3) is 4.35. The zero-order chi connectivity index (χ0) is 13.7. The van der Waals surface area contributed by atoms with Crippen LogP contribution in [0.2, 0.25) is 0 Å². The van der Waals surface area contributed by atoms with E-state index in [-0.39, 0.29) is 36.6 Å². The number of amides is 3. The molecule has 18 heavy (non-hydrogen) atoms. The van der Waals surface area contributed by atoms with Crippen molar-refractivity contribution in [3.8, 4) is 0 Å². The molecule has 1 saturated heterocycles. The summed E-state index contributed by atoms with van der Waals surface area (Å²) in [5.41, 5.74) is 0. The maximum atomic E-state index is 11.9. The third-order valence-corrected chi connectivity index (χ3v) is 2.79. The second kappa shape index (κ2) is 6.37. The van der Waals surface area contributed by atoms with Crippen molar-refractivity contribution in [3.05, 3.63) is 0 Å². The summed E-state index contributed by atoms with van der Waals surface area (Å²) in [6.45, 7) is 5.02. The molecule has 6 heteroatoms. The molecule has 102 valence electrons. The van der Waals surface area contributed by atoms with Crippen LogP contribution in [0.3, 0.4) is 0 Å². The van der Waals surface area contributed by atoms with Crippen LogP contribution in [0, 0.1) is 11.8 Å². The molecule has 0 saturated carbocycles. The van der Waals surface area contributed by atoms with E-state index in [0.717, 1.165) is 0 Å². The van der Waals surface area contributed by atoms with Gasteiger partial charge in [-0.15, -0.1) is 0 Å². The van der Waals surface area contributed by atoms with Gasteiger partial charge in [-0.05, 0) is 5.92 Å². The summed E-state index contributed by atoms with van der Waals surface area (Å²) in [7, 11) is 1.58. The first-order chi connectivity index (χ1) is 8.40. The Morgan fingerprint density at radius 1 is 1.50 bits per heavy atom. The van der Waals surface area contributed by atoms with Gasteiger partial charge in [0.2, 0.25) is 17.7 Å². The highest BCUT2D eigenvalue weighted by Gasteiger charge is 2.30. The Balaban J connectivity index is 2.35. The molecule has 2 N–H and O–H groups in total. The van der Waals surface area contributed by atoms with Gasteiger partial charge in [0.15, 0.2) is 0 Å². The Labute approximate surface area is 107 Å². The van der Waals surface area contributed by atoms with Gasteiger partial charge < -0.3 is 15.5 Å². The van der Waals surface area contributed by atoms with E-state index in [0.29, 0.717) is 19.0 Å². The molecule has 1 unspecified atom stereocenters. The molecule has 1 rings (SSSR count). The topological polar surface area (TPSA) is 78.5 Å². The Hall–Kier alpha value is -1.59. The van der Waals surface area contributed by atoms with Gasteiger partial charge in [0.1, 0.15) is 0 Å². The monoisotopic (exact) mass is 255 g/mol. The van der Waals surface area contributed by atoms with Crippen LogP contribution in [-0.2, 0) is 14.4 Å². The summed E-state index contributed by atoms with van der Waals surface area (Å²) in [6.07, 6.45) is 0.219. The average molecular weight is 255 g/mol. The summed E-state index contributed by atoms with van der Waals surface area (Å²) >= 11 is 0. The molecule has 3 amide bonds. The zero-order valence-electron chi connectivity index (χ0n) is 11.2. The predicted molar refractivity (Wildman–Crippen MR) is 66.6 cm³/mol. The van der Waals surface area contributed by atoms with Crippen LogP contribution in [0.15, 0.2) is 0 Å². The van der Waals surface area contributed by atoms with Gasteiger partial charge in [-0.1, -0.05) is 13.8 Å². The molecule has 0 bridgehead atoms. The highest BCUT2D eigenvalue weighted by Crippen LogP contribution is 2.11. The maximum Gasteiger partial charge on any atom is 0.239 e. The van der Waals surface area contributed by atoms with Gasteiger partial charge in [-0.2, -0.15) is 0 Å². The van der Waals surface area contributed by atoms with Crippen LogP contribution >= 0.6 is 0 Å². The molecule has 0 aromatic carbocycles. The van der Waals surface area contributed by atoms with Crippen molar-refractivity contribution in [3.63, 3.8) is 0 Å². The van der Waals surface area contributed by atoms with E-state index in [2.05, 4.69) is 10.6 Å². The Morgan fingerprint density at radius 2 is 2.17 bits per heavy atom. The van der Waals surface area contributed by atoms with Crippen LogP contribution in [0.1, 0.15) is 20.3 Å². The molecule has 0 spiro atoms. The number of hydrogen-bond donors (Lipinski definition) is 2. The number of likely N-dealkylation sites (N-methyl/N-ethyl adjacent to an activating group) is 1. The van der Waals surface area contributed by atoms with Crippen LogP contribution < -0.4 is 10.6 Å². The zero-order valence-corrected chi connectivity index (χ0v) is 11.2. The minimum atomic E-state index is -0.333. The van der Waals surface area contributed by atoms with Crippen molar-refractivity contribution < 1.29 is 14.4 Å². The molecule has 0 aromatic rings. The van der Waals surface area contributed by atoms with Crippen LogP contribution in [0.5, 0.6) is 0 Å². The van der Waals surface area contributed by atoms with Gasteiger partial charge in [0.05, 0.1) is 12.5 Å². The first-order valence-corrected chi connectivity index (χ1v) is 6.18. The van der Waals surface area contributed by atoms with E-state index in [1.807, 2.05) is 13.8 Å². The molecule has 0 radical (unpaired) electrons. The summed E-state index contributed by atoms with van der Waals surface area (Å²) in [5.74, 6) is -0.386. The molecule has 0 aromatic heterocycles. The Bertz CT molecular complexity index is 341. The molecule has 0 aliphatic carbocycles. The summed E-state index contributed by atoms with van der Waals surface area (Å²) in [5, 5.41) is 5.36. The number of carbonyl (C=O) groups is 3. The normalized spacial score (nSPS) is 18.7. The number of nitrogens with zero attached hydrogens (tertiary/aromatic N) is 1. The quantitative estimate of drug-likeness (QED) is 0.685. The first-order valence-electron chi connectivity index (χ1n) is 6.18. The molecular formula is C12H21N3O3. The molecule has 1 heterocycles. The molecular weight excluding hydrogens is 234 g/mol. The van der Waals surface area contributed by atoms with Crippen molar-refractivity contribution in [2.24, 2.45) is 11.8 Å². The maximum absolute atomic E-state index is 11.9. The SMILES string of the molecule is CC(C)CNC(=O)CN(C)C(=O)C1CNC(=O)C1. The summed E-state index contributed by atoms with van der Waals surface area (Å²) in [6, 6.07) is 0. The average Bonchev–Trinajstić information content (AvgIpc) is 2.72. The highest BCUT2D eigenvalue weighted by atomic mass is 16.2. The fourth-order valence-corrected chi connectivity index (χ4v) is 1.76. The van der Waals surface area contributed by atoms with E-state index in [4.69, 9.17) is 0 Å². The van der Waals surface area contributed by atoms with Crippen LogP contribution in [0.4, 0.5) is 0 Å². The van der Waals surface area contributed by atoms with Crippen LogP contribution in [-0.4, -0.2) is 49.3 Å². The van der Waals surface area contributed by atoms with Gasteiger partial charge in [0, 0.05) is 26.6 Å². The van der Waals surface area contributed by atoms with Crippen molar-refractivity contribution in [1.82, 2.24) is 15.5 Å². The summed E-state index contributed by atoms with van der Waals surface area (Å²) in [4.78, 5) is 35.9. The molecule has 1 fully saturated rings. The third-order valence-electron chi connectivity index (χ3n) is 2.79. The largest absolute Gasteiger partial charge is 0.355 e. The smallest absolute Gasteiger partial charge is 0.239 e. The molecule has 6 nitrogen and oxygen atoms in total. The highest BCUT2D eigenvalue weighted by molar-refractivity contribution is 5.91. The van der Waals surface area contributed by atoms with Gasteiger partial charge >= 0.3 is 0 Å². The Morgan fingerprint density at radius 3 is 2.67 bits per heavy atom. The summed E-state index contributed by atoms with van der Waals surface area (Å²) < 4.78 is 0. The standard InChI is InChI=1S/C12H21N3O3/c1-8(2)5-13-11(17)7-15(3)12(18)9-4-10(16)14-6-9/h8-9H,4-7H2,1-3H3,(H,13,17)(H,14,16). The number of hydrogen-bond acceptors (Lipinski definition) is 3. The second-order valence-electron chi connectivity index (χ2n) is 5.10. The number of rotatable bonds is 5. The van der Waals surface area contributed by atoms with E-state index < -0.39 is 0 Å². The Kier molecular flexibility index (Phi) is 5.12. The second-order valence-corrected chi connectivity index (χ2v) is 5.10. The van der Waals surface area contributed by atoms with Crippen molar-refractivity contribution in [2.45, 2.75) is 20.3 Å². The van der Waals surface area contributed by atoms with Gasteiger partial charge in [-0.25, -0.2) is 0 Å². The fourth-order valence-electron chi connectivity index (χ4n) is 1.76. The van der Waals surface area contributed by atoms with E-state index in [1.54, 1.807) is 7.05 Å². The molecule has 1 aliphatic heterocycles. The van der Waals surface area contributed by atoms with E-state index in [1.165, 1.54) is 4.90 Å². The predicted octanol–water partition coefficient (Wildman–Crippen LogP) is -0.647. The van der Waals surface area contributed by atoms with Gasteiger partial charge in [0.25, 0.3) is 0 Å². The van der Waals surface area contributed by atoms with E-state index >= 15 is 0 Å². The molecule has 1 aliphatic rings. The van der Waals surface area contributed by atoms with Crippen molar-refractivity contribution >= 4 is 17.7 Å². The minimum Gasteiger partial charge on any atom is -0.355 e. The van der Waals surface area contributed by atoms with Crippen LogP contribution in [0.25, 0.3) is 0 Å². The molecule has 1 atom stereocenters. The lowest BCUT2D eigenvalue weighted by Crippen LogP contribution is -2.42. The fraction of sp³-hybridized carbons (Fsp3) is 0.750. The minimum absolute atomic E-state index is 0.0379. The van der Waals surface area contributed by atoms with Crippen molar-refractivity contribution in [1.29, 1.82) is 0 Å². The lowest BCUT2D eigenvalue weighted by atomic mass is 10.1. The van der Waals surface area contributed by atoms with Gasteiger partial charge in [-0.3, -0.25) is 14.4 Å². The first kappa shape index (κ1) is 14.5. The number of carbonyl (C=O) groups excluding carboxylic acids is 3. The van der Waals surface area contributed by atoms with Crippen molar-refractivity contribution in [2.75, 3.05) is 26.7 Å². The lowest BCUT2D eigenvalue weighted by Gasteiger charge is -2.20. The lowest BCUT2D eigenvalue weighted by molar-refractivity contribution is -0.138. The number of nitrogens with one attached hydrogen (secondary N) is 2.